The van der Waals surface area contributed by atoms with Crippen LogP contribution in [0.3, 0.4) is 0 Å². The number of benzene rings is 1. The summed E-state index contributed by atoms with van der Waals surface area (Å²) in [6.07, 6.45) is -0.413. The Morgan fingerprint density at radius 2 is 2.05 bits per heavy atom. The molecule has 0 spiro atoms. The predicted octanol–water partition coefficient (Wildman–Crippen LogP) is 3.64. The second kappa shape index (κ2) is 6.37. The zero-order chi connectivity index (χ0) is 15.5. The second-order valence-electron chi connectivity index (χ2n) is 4.85. The normalized spacial score (nSPS) is 12.5. The van der Waals surface area contributed by atoms with E-state index in [9.17, 15) is 9.90 Å². The van der Waals surface area contributed by atoms with Crippen LogP contribution < -0.4 is 5.32 Å². The van der Waals surface area contributed by atoms with Crippen LogP contribution in [-0.2, 0) is 0 Å². The van der Waals surface area contributed by atoms with Gasteiger partial charge < -0.3 is 19.3 Å². The van der Waals surface area contributed by atoms with Gasteiger partial charge in [-0.3, -0.25) is 4.79 Å². The summed E-state index contributed by atoms with van der Waals surface area (Å²) in [5.41, 5.74) is 0.737. The van der Waals surface area contributed by atoms with Gasteiger partial charge in [0.05, 0.1) is 0 Å². The quantitative estimate of drug-likeness (QED) is 0.725. The molecule has 114 valence electrons. The fourth-order valence-electron chi connectivity index (χ4n) is 2.15. The number of hydrogen-bond acceptors (Lipinski definition) is 4. The highest BCUT2D eigenvalue weighted by Crippen LogP contribution is 2.25. The third-order valence-corrected chi connectivity index (χ3v) is 3.70. The van der Waals surface area contributed by atoms with Crippen LogP contribution in [0.15, 0.2) is 56.0 Å². The molecule has 0 aliphatic carbocycles. The molecule has 6 heteroatoms. The Hall–Kier alpha value is -2.05. The molecule has 2 aromatic heterocycles. The Bertz CT molecular complexity index is 759. The van der Waals surface area contributed by atoms with Gasteiger partial charge in [-0.1, -0.05) is 18.2 Å². The van der Waals surface area contributed by atoms with Gasteiger partial charge in [0.1, 0.15) is 17.4 Å². The molecule has 1 amide bonds. The number of halogens is 1. The number of aliphatic hydroxyl groups is 1. The lowest BCUT2D eigenvalue weighted by Gasteiger charge is -2.08. The van der Waals surface area contributed by atoms with Gasteiger partial charge in [0.2, 0.25) is 0 Å². The van der Waals surface area contributed by atoms with Crippen molar-refractivity contribution in [2.24, 2.45) is 0 Å². The Morgan fingerprint density at radius 3 is 2.77 bits per heavy atom. The van der Waals surface area contributed by atoms with Crippen molar-refractivity contribution < 1.29 is 18.7 Å². The lowest BCUT2D eigenvalue weighted by Crippen LogP contribution is -2.25. The van der Waals surface area contributed by atoms with E-state index in [4.69, 9.17) is 8.83 Å². The van der Waals surface area contributed by atoms with Crippen molar-refractivity contribution in [1.29, 1.82) is 0 Å². The predicted molar refractivity (Wildman–Crippen MR) is 84.5 cm³/mol. The summed E-state index contributed by atoms with van der Waals surface area (Å²) >= 11 is 3.14. The molecule has 0 aliphatic heterocycles. The topological polar surface area (TPSA) is 75.6 Å². The molecule has 0 bridgehead atoms. The van der Waals surface area contributed by atoms with E-state index in [1.165, 1.54) is 0 Å². The average Bonchev–Trinajstić information content (AvgIpc) is 3.12. The van der Waals surface area contributed by atoms with Gasteiger partial charge >= 0.3 is 0 Å². The van der Waals surface area contributed by atoms with Crippen molar-refractivity contribution >= 4 is 32.8 Å². The van der Waals surface area contributed by atoms with E-state index in [0.29, 0.717) is 23.4 Å². The molecule has 1 atom stereocenters. The number of amides is 1. The first-order valence-electron chi connectivity index (χ1n) is 6.83. The maximum absolute atomic E-state index is 11.8. The summed E-state index contributed by atoms with van der Waals surface area (Å²) in [5, 5.41) is 13.8. The maximum Gasteiger partial charge on any atom is 0.287 e. The van der Waals surface area contributed by atoms with E-state index in [2.05, 4.69) is 21.2 Å². The van der Waals surface area contributed by atoms with Gasteiger partial charge in [0, 0.05) is 11.9 Å². The third-order valence-electron chi connectivity index (χ3n) is 3.27. The Balaban J connectivity index is 1.55. The Kier molecular flexibility index (Phi) is 4.31. The second-order valence-corrected chi connectivity index (χ2v) is 5.63. The first kappa shape index (κ1) is 14.9. The van der Waals surface area contributed by atoms with Gasteiger partial charge in [-0.05, 0) is 46.6 Å². The van der Waals surface area contributed by atoms with Crippen LogP contribution in [0, 0.1) is 0 Å². The number of aliphatic hydroxyl groups excluding tert-OH is 1. The Labute approximate surface area is 135 Å². The highest BCUT2D eigenvalue weighted by molar-refractivity contribution is 9.10. The first-order chi connectivity index (χ1) is 10.6. The summed E-state index contributed by atoms with van der Waals surface area (Å²) in [7, 11) is 0. The van der Waals surface area contributed by atoms with Crippen LogP contribution in [0.4, 0.5) is 0 Å². The van der Waals surface area contributed by atoms with E-state index in [-0.39, 0.29) is 11.7 Å². The highest BCUT2D eigenvalue weighted by atomic mass is 79.9. The summed E-state index contributed by atoms with van der Waals surface area (Å²) in [6, 6.07) is 12.6. The van der Waals surface area contributed by atoms with Crippen molar-refractivity contribution in [3.05, 3.63) is 58.7 Å². The van der Waals surface area contributed by atoms with Crippen LogP contribution in [0.25, 0.3) is 11.0 Å². The van der Waals surface area contributed by atoms with Gasteiger partial charge in [0.25, 0.3) is 5.91 Å². The summed E-state index contributed by atoms with van der Waals surface area (Å²) in [6.45, 7) is 0.315. The van der Waals surface area contributed by atoms with Crippen molar-refractivity contribution in [3.63, 3.8) is 0 Å². The first-order valence-corrected chi connectivity index (χ1v) is 7.63. The molecule has 0 aliphatic rings. The number of fused-ring (bicyclic) bond motifs is 1. The highest BCUT2D eigenvalue weighted by Gasteiger charge is 2.15. The lowest BCUT2D eigenvalue weighted by molar-refractivity contribution is 0.0908. The van der Waals surface area contributed by atoms with E-state index < -0.39 is 6.10 Å². The fraction of sp³-hybridized carbons (Fsp3) is 0.188. The zero-order valence-electron chi connectivity index (χ0n) is 11.6. The van der Waals surface area contributed by atoms with Crippen molar-refractivity contribution in [2.45, 2.75) is 12.5 Å². The molecule has 0 saturated heterocycles. The van der Waals surface area contributed by atoms with Crippen LogP contribution in [0.5, 0.6) is 0 Å². The minimum atomic E-state index is -0.768. The monoisotopic (exact) mass is 363 g/mol. The summed E-state index contributed by atoms with van der Waals surface area (Å²) in [5.74, 6) is 0.406. The number of carbonyl (C=O) groups excluding carboxylic acids is 1. The fourth-order valence-corrected chi connectivity index (χ4v) is 2.46. The molecule has 0 saturated carbocycles. The van der Waals surface area contributed by atoms with E-state index in [1.807, 2.05) is 30.3 Å². The molecule has 0 radical (unpaired) electrons. The molecule has 3 rings (SSSR count). The lowest BCUT2D eigenvalue weighted by atomic mass is 10.2. The maximum atomic E-state index is 11.8. The number of carbonyl (C=O) groups is 1. The number of para-hydroxylation sites is 1. The molecular formula is C16H14BrNO4. The van der Waals surface area contributed by atoms with Gasteiger partial charge in [0.15, 0.2) is 10.4 Å². The molecule has 5 nitrogen and oxygen atoms in total. The number of furan rings is 2. The zero-order valence-corrected chi connectivity index (χ0v) is 13.2. The van der Waals surface area contributed by atoms with Gasteiger partial charge in [-0.15, -0.1) is 0 Å². The minimum absolute atomic E-state index is 0.227. The van der Waals surface area contributed by atoms with Gasteiger partial charge in [-0.2, -0.15) is 0 Å². The van der Waals surface area contributed by atoms with Gasteiger partial charge in [-0.25, -0.2) is 0 Å². The van der Waals surface area contributed by atoms with Crippen LogP contribution in [0.2, 0.25) is 0 Å². The summed E-state index contributed by atoms with van der Waals surface area (Å²) < 4.78 is 11.2. The Morgan fingerprint density at radius 1 is 1.23 bits per heavy atom. The number of rotatable bonds is 5. The van der Waals surface area contributed by atoms with E-state index in [0.717, 1.165) is 11.0 Å². The molecule has 2 heterocycles. The molecule has 0 unspecified atom stereocenters. The van der Waals surface area contributed by atoms with Crippen LogP contribution >= 0.6 is 15.9 Å². The molecule has 1 aromatic carbocycles. The van der Waals surface area contributed by atoms with Crippen LogP contribution in [-0.4, -0.2) is 17.6 Å². The standard InChI is InChI=1S/C16H14BrNO4/c17-15-6-5-13(22-15)16(20)18-8-7-11(19)14-9-10-3-1-2-4-12(10)21-14/h1-6,9,11,19H,7-8H2,(H,18,20)/t11-/m0/s1. The van der Waals surface area contributed by atoms with Crippen LogP contribution in [0.1, 0.15) is 28.8 Å². The summed E-state index contributed by atoms with van der Waals surface area (Å²) in [4.78, 5) is 11.8. The van der Waals surface area contributed by atoms with Crippen molar-refractivity contribution in [3.8, 4) is 0 Å². The van der Waals surface area contributed by atoms with Crippen molar-refractivity contribution in [1.82, 2.24) is 5.32 Å². The minimum Gasteiger partial charge on any atom is -0.458 e. The SMILES string of the molecule is O=C(NCC[C@H](O)c1cc2ccccc2o1)c1ccc(Br)o1. The smallest absolute Gasteiger partial charge is 0.287 e. The van der Waals surface area contributed by atoms with E-state index in [1.54, 1.807) is 12.1 Å². The van der Waals surface area contributed by atoms with Crippen molar-refractivity contribution in [2.75, 3.05) is 6.54 Å². The molecule has 3 aromatic rings. The molecule has 2 N–H and O–H groups in total. The molecule has 22 heavy (non-hydrogen) atoms. The van der Waals surface area contributed by atoms with E-state index >= 15 is 0 Å². The third kappa shape index (κ3) is 3.23. The molecule has 0 fully saturated rings. The number of hydrogen-bond donors (Lipinski definition) is 2. The average molecular weight is 364 g/mol. The number of nitrogens with one attached hydrogen (secondary N) is 1. The molecular weight excluding hydrogens is 350 g/mol. The largest absolute Gasteiger partial charge is 0.458 e.